The highest BCUT2D eigenvalue weighted by atomic mass is 35.5. The molecule has 0 unspecified atom stereocenters. The number of carbonyl (C=O) groups is 1. The van der Waals surface area contributed by atoms with E-state index >= 15 is 0 Å². The first-order chi connectivity index (χ1) is 11.5. The Balaban J connectivity index is 1.63. The molecule has 0 aromatic heterocycles. The van der Waals surface area contributed by atoms with Gasteiger partial charge in [-0.15, -0.1) is 0 Å². The number of hydrogen-bond donors (Lipinski definition) is 2. The molecule has 2 N–H and O–H groups in total. The molecular weight excluding hydrogens is 350 g/mol. The molecule has 24 heavy (non-hydrogen) atoms. The van der Waals surface area contributed by atoms with Gasteiger partial charge in [0, 0.05) is 13.0 Å². The molecule has 1 amide bonds. The number of aryl methyl sites for hydroxylation is 1. The monoisotopic (exact) mass is 366 g/mol. The number of rotatable bonds is 4. The second-order valence-corrected chi connectivity index (χ2v) is 6.60. The van der Waals surface area contributed by atoms with Gasteiger partial charge in [0.1, 0.15) is 5.82 Å². The van der Waals surface area contributed by atoms with Crippen LogP contribution in [-0.2, 0) is 24.2 Å². The number of hydrogen-bond acceptors (Lipinski definition) is 2. The molecule has 6 heteroatoms. The number of benzene rings is 2. The van der Waals surface area contributed by atoms with E-state index in [0.717, 1.165) is 17.7 Å². The fourth-order valence-electron chi connectivity index (χ4n) is 2.80. The van der Waals surface area contributed by atoms with Crippen LogP contribution in [0.25, 0.3) is 0 Å². The van der Waals surface area contributed by atoms with Gasteiger partial charge in [-0.3, -0.25) is 4.79 Å². The number of amides is 1. The summed E-state index contributed by atoms with van der Waals surface area (Å²) in [5.41, 5.74) is 2.80. The number of nitrogens with one attached hydrogen (secondary N) is 2. The molecule has 3 nitrogen and oxygen atoms in total. The van der Waals surface area contributed by atoms with E-state index in [1.165, 1.54) is 0 Å². The van der Waals surface area contributed by atoms with Crippen molar-refractivity contribution < 1.29 is 9.18 Å². The Kier molecular flexibility index (Phi) is 5.39. The van der Waals surface area contributed by atoms with E-state index in [9.17, 15) is 9.18 Å². The Labute approximate surface area is 150 Å². The lowest BCUT2D eigenvalue weighted by atomic mass is 9.99. The SMILES string of the molecule is O=C(CCc1ccc(Cl)c(Cl)c1)Nc1ccc2c(c1F)CCNC2. The fraction of sp³-hybridized carbons (Fsp3) is 0.278. The van der Waals surface area contributed by atoms with Crippen LogP contribution in [0.3, 0.4) is 0 Å². The predicted molar refractivity (Wildman–Crippen MR) is 95.2 cm³/mol. The molecule has 2 aromatic carbocycles. The van der Waals surface area contributed by atoms with Gasteiger partial charge in [0.2, 0.25) is 5.91 Å². The first kappa shape index (κ1) is 17.2. The molecular formula is C18H17Cl2FN2O. The van der Waals surface area contributed by atoms with Crippen molar-refractivity contribution in [1.29, 1.82) is 0 Å². The molecule has 0 radical (unpaired) electrons. The predicted octanol–water partition coefficient (Wildman–Crippen LogP) is 4.35. The number of fused-ring (bicyclic) bond motifs is 1. The molecule has 0 spiro atoms. The fourth-order valence-corrected chi connectivity index (χ4v) is 3.12. The third kappa shape index (κ3) is 3.89. The summed E-state index contributed by atoms with van der Waals surface area (Å²) < 4.78 is 14.5. The standard InChI is InChI=1S/C18H17Cl2FN2O/c19-14-4-1-11(9-15(14)20)2-6-17(24)23-16-5-3-12-10-22-8-7-13(12)18(16)21/h1,3-5,9,22H,2,6-8,10H2,(H,23,24). The Morgan fingerprint density at radius 2 is 2.04 bits per heavy atom. The Bertz CT molecular complexity index is 780. The van der Waals surface area contributed by atoms with Crippen LogP contribution < -0.4 is 10.6 Å². The molecule has 0 saturated heterocycles. The second-order valence-electron chi connectivity index (χ2n) is 5.79. The van der Waals surface area contributed by atoms with E-state index in [2.05, 4.69) is 10.6 Å². The highest BCUT2D eigenvalue weighted by Gasteiger charge is 2.17. The van der Waals surface area contributed by atoms with Crippen molar-refractivity contribution in [3.05, 3.63) is 62.9 Å². The minimum atomic E-state index is -0.322. The molecule has 1 aliphatic heterocycles. The summed E-state index contributed by atoms with van der Waals surface area (Å²) in [4.78, 5) is 12.1. The van der Waals surface area contributed by atoms with Crippen LogP contribution in [0, 0.1) is 5.82 Å². The van der Waals surface area contributed by atoms with Crippen LogP contribution in [-0.4, -0.2) is 12.5 Å². The lowest BCUT2D eigenvalue weighted by Gasteiger charge is -2.19. The van der Waals surface area contributed by atoms with Gasteiger partial charge in [0.25, 0.3) is 0 Å². The summed E-state index contributed by atoms with van der Waals surface area (Å²) in [6.45, 7) is 1.41. The molecule has 2 aromatic rings. The Hall–Kier alpha value is -1.62. The maximum Gasteiger partial charge on any atom is 0.224 e. The summed E-state index contributed by atoms with van der Waals surface area (Å²) in [6.07, 6.45) is 1.39. The zero-order valence-electron chi connectivity index (χ0n) is 13.0. The first-order valence-electron chi connectivity index (χ1n) is 7.79. The van der Waals surface area contributed by atoms with E-state index in [4.69, 9.17) is 23.2 Å². The molecule has 0 atom stereocenters. The molecule has 0 saturated carbocycles. The molecule has 0 bridgehead atoms. The average molecular weight is 367 g/mol. The number of anilines is 1. The van der Waals surface area contributed by atoms with E-state index in [1.807, 2.05) is 12.1 Å². The van der Waals surface area contributed by atoms with E-state index in [-0.39, 0.29) is 23.8 Å². The Morgan fingerprint density at radius 3 is 2.83 bits per heavy atom. The highest BCUT2D eigenvalue weighted by molar-refractivity contribution is 6.42. The molecule has 3 rings (SSSR count). The maximum atomic E-state index is 14.5. The zero-order chi connectivity index (χ0) is 17.1. The third-order valence-electron chi connectivity index (χ3n) is 4.11. The van der Waals surface area contributed by atoms with Crippen molar-refractivity contribution in [2.45, 2.75) is 25.8 Å². The highest BCUT2D eigenvalue weighted by Crippen LogP contribution is 2.25. The van der Waals surface area contributed by atoms with Crippen molar-refractivity contribution in [1.82, 2.24) is 5.32 Å². The summed E-state index contributed by atoms with van der Waals surface area (Å²) in [5.74, 6) is -0.550. The average Bonchev–Trinajstić information content (AvgIpc) is 2.59. The van der Waals surface area contributed by atoms with Crippen molar-refractivity contribution in [2.24, 2.45) is 0 Å². The van der Waals surface area contributed by atoms with E-state index < -0.39 is 0 Å². The van der Waals surface area contributed by atoms with Crippen molar-refractivity contribution >= 4 is 34.8 Å². The lowest BCUT2D eigenvalue weighted by Crippen LogP contribution is -2.25. The molecule has 0 aliphatic carbocycles. The maximum absolute atomic E-state index is 14.5. The van der Waals surface area contributed by atoms with Crippen molar-refractivity contribution in [2.75, 3.05) is 11.9 Å². The third-order valence-corrected chi connectivity index (χ3v) is 4.85. The minimum Gasteiger partial charge on any atom is -0.324 e. The van der Waals surface area contributed by atoms with Gasteiger partial charge in [-0.1, -0.05) is 35.3 Å². The molecule has 1 aliphatic rings. The normalized spacial score (nSPS) is 13.5. The lowest BCUT2D eigenvalue weighted by molar-refractivity contribution is -0.116. The van der Waals surface area contributed by atoms with E-state index in [1.54, 1.807) is 18.2 Å². The van der Waals surface area contributed by atoms with Gasteiger partial charge in [0.15, 0.2) is 0 Å². The van der Waals surface area contributed by atoms with Crippen LogP contribution in [0.5, 0.6) is 0 Å². The summed E-state index contributed by atoms with van der Waals surface area (Å²) >= 11 is 11.8. The zero-order valence-corrected chi connectivity index (χ0v) is 14.5. The summed E-state index contributed by atoms with van der Waals surface area (Å²) in [7, 11) is 0. The minimum absolute atomic E-state index is 0.228. The van der Waals surface area contributed by atoms with Gasteiger partial charge < -0.3 is 10.6 Å². The Morgan fingerprint density at radius 1 is 1.21 bits per heavy atom. The molecule has 126 valence electrons. The largest absolute Gasteiger partial charge is 0.324 e. The van der Waals surface area contributed by atoms with Crippen LogP contribution >= 0.6 is 23.2 Å². The van der Waals surface area contributed by atoms with Gasteiger partial charge in [0.05, 0.1) is 15.7 Å². The van der Waals surface area contributed by atoms with Gasteiger partial charge in [-0.25, -0.2) is 4.39 Å². The van der Waals surface area contributed by atoms with Gasteiger partial charge in [-0.05, 0) is 54.3 Å². The van der Waals surface area contributed by atoms with Crippen LogP contribution in [0.15, 0.2) is 30.3 Å². The second kappa shape index (κ2) is 7.51. The number of carbonyl (C=O) groups excluding carboxylic acids is 1. The van der Waals surface area contributed by atoms with Crippen molar-refractivity contribution in [3.63, 3.8) is 0 Å². The molecule has 1 heterocycles. The van der Waals surface area contributed by atoms with Crippen LogP contribution in [0.2, 0.25) is 10.0 Å². The topological polar surface area (TPSA) is 41.1 Å². The number of halogens is 3. The quantitative estimate of drug-likeness (QED) is 0.844. The van der Waals surface area contributed by atoms with E-state index in [0.29, 0.717) is 35.0 Å². The smallest absolute Gasteiger partial charge is 0.224 e. The van der Waals surface area contributed by atoms with Crippen LogP contribution in [0.1, 0.15) is 23.1 Å². The summed E-state index contributed by atoms with van der Waals surface area (Å²) in [5, 5.41) is 6.81. The first-order valence-corrected chi connectivity index (χ1v) is 8.55. The van der Waals surface area contributed by atoms with Crippen molar-refractivity contribution in [3.8, 4) is 0 Å². The van der Waals surface area contributed by atoms with Gasteiger partial charge in [-0.2, -0.15) is 0 Å². The van der Waals surface area contributed by atoms with Gasteiger partial charge >= 0.3 is 0 Å². The summed E-state index contributed by atoms with van der Waals surface area (Å²) in [6, 6.07) is 8.75. The molecule has 0 fully saturated rings. The van der Waals surface area contributed by atoms with Crippen LogP contribution in [0.4, 0.5) is 10.1 Å².